The third-order valence-electron chi connectivity index (χ3n) is 2.53. The van der Waals surface area contributed by atoms with Gasteiger partial charge in [-0.3, -0.25) is 4.72 Å². The molecule has 0 aliphatic carbocycles. The number of sulfonamides is 1. The fraction of sp³-hybridized carbons (Fsp3) is 0. The van der Waals surface area contributed by atoms with Crippen LogP contribution in [0, 0.1) is 11.3 Å². The molecule has 0 aliphatic rings. The van der Waals surface area contributed by atoms with Gasteiger partial charge in [0.1, 0.15) is 11.9 Å². The number of nitrogen functional groups attached to an aromatic ring is 1. The summed E-state index contributed by atoms with van der Waals surface area (Å²) in [7, 11) is -3.81. The van der Waals surface area contributed by atoms with Gasteiger partial charge in [-0.15, -0.1) is 0 Å². The van der Waals surface area contributed by atoms with Gasteiger partial charge < -0.3 is 5.43 Å². The summed E-state index contributed by atoms with van der Waals surface area (Å²) in [6, 6.07) is 8.75. The fourth-order valence-corrected chi connectivity index (χ4v) is 2.83. The van der Waals surface area contributed by atoms with Gasteiger partial charge in [0, 0.05) is 12.3 Å². The molecule has 2 aromatic rings. The van der Waals surface area contributed by atoms with Gasteiger partial charge in [0.25, 0.3) is 10.0 Å². The van der Waals surface area contributed by atoms with Crippen LogP contribution in [0.3, 0.4) is 0 Å². The van der Waals surface area contributed by atoms with Crippen molar-refractivity contribution in [3.8, 4) is 6.07 Å². The Morgan fingerprint density at radius 1 is 1.29 bits per heavy atom. The Bertz CT molecular complexity index is 817. The van der Waals surface area contributed by atoms with E-state index in [1.54, 1.807) is 0 Å². The number of hydrogen-bond acceptors (Lipinski definition) is 6. The lowest BCUT2D eigenvalue weighted by Crippen LogP contribution is -2.15. The Morgan fingerprint density at radius 3 is 2.67 bits per heavy atom. The van der Waals surface area contributed by atoms with E-state index >= 15 is 0 Å². The lowest BCUT2D eigenvalue weighted by atomic mass is 10.2. The number of aromatic nitrogens is 1. The van der Waals surface area contributed by atoms with E-state index in [4.69, 9.17) is 22.7 Å². The van der Waals surface area contributed by atoms with Crippen LogP contribution in [0.15, 0.2) is 41.4 Å². The predicted octanol–water partition coefficient (Wildman–Crippen LogP) is 1.69. The number of halogens is 1. The van der Waals surface area contributed by atoms with E-state index in [-0.39, 0.29) is 27.0 Å². The fourth-order valence-electron chi connectivity index (χ4n) is 1.54. The number of rotatable bonds is 4. The van der Waals surface area contributed by atoms with Crippen molar-refractivity contribution in [1.29, 1.82) is 5.26 Å². The number of nitrogens with two attached hydrogens (primary N) is 1. The maximum absolute atomic E-state index is 12.2. The quantitative estimate of drug-likeness (QED) is 0.581. The second kappa shape index (κ2) is 5.97. The van der Waals surface area contributed by atoms with Gasteiger partial charge in [0.15, 0.2) is 0 Å². The van der Waals surface area contributed by atoms with Gasteiger partial charge >= 0.3 is 0 Å². The zero-order valence-electron chi connectivity index (χ0n) is 10.5. The second-order valence-corrected chi connectivity index (χ2v) is 6.02. The average Bonchev–Trinajstić information content (AvgIpc) is 2.47. The Morgan fingerprint density at radius 2 is 2.05 bits per heavy atom. The molecule has 0 aliphatic heterocycles. The van der Waals surface area contributed by atoms with Crippen molar-refractivity contribution in [3.63, 3.8) is 0 Å². The van der Waals surface area contributed by atoms with Crippen molar-refractivity contribution in [2.24, 2.45) is 5.84 Å². The Balaban J connectivity index is 2.33. The summed E-state index contributed by atoms with van der Waals surface area (Å²) in [5.41, 5.74) is 2.78. The first-order valence-corrected chi connectivity index (χ1v) is 7.47. The van der Waals surface area contributed by atoms with Gasteiger partial charge in [-0.25, -0.2) is 19.2 Å². The highest BCUT2D eigenvalue weighted by atomic mass is 35.5. The second-order valence-electron chi connectivity index (χ2n) is 3.93. The van der Waals surface area contributed by atoms with Gasteiger partial charge in [-0.2, -0.15) is 5.26 Å². The van der Waals surface area contributed by atoms with E-state index in [0.29, 0.717) is 0 Å². The van der Waals surface area contributed by atoms with E-state index in [1.165, 1.54) is 36.5 Å². The SMILES string of the molecule is N#Cc1ccc(NS(=O)(=O)c2ccnc(NN)c2)cc1Cl. The molecule has 0 unspecified atom stereocenters. The van der Waals surface area contributed by atoms with Crippen molar-refractivity contribution < 1.29 is 8.42 Å². The van der Waals surface area contributed by atoms with Crippen LogP contribution in [0.2, 0.25) is 5.02 Å². The van der Waals surface area contributed by atoms with E-state index < -0.39 is 10.0 Å². The standard InChI is InChI=1S/C12H10ClN5O2S/c13-11-5-9(2-1-8(11)7-14)18-21(19,20)10-3-4-16-12(6-10)17-15/h1-6,18H,15H2,(H,16,17). The van der Waals surface area contributed by atoms with Crippen molar-refractivity contribution in [2.45, 2.75) is 4.90 Å². The lowest BCUT2D eigenvalue weighted by molar-refractivity contribution is 0.601. The smallest absolute Gasteiger partial charge is 0.262 e. The predicted molar refractivity (Wildman–Crippen MR) is 79.0 cm³/mol. The maximum atomic E-state index is 12.2. The van der Waals surface area contributed by atoms with Gasteiger partial charge in [-0.1, -0.05) is 11.6 Å². The van der Waals surface area contributed by atoms with Crippen LogP contribution in [-0.2, 0) is 10.0 Å². The van der Waals surface area contributed by atoms with Crippen molar-refractivity contribution in [1.82, 2.24) is 4.98 Å². The number of benzene rings is 1. The first-order chi connectivity index (χ1) is 9.96. The molecule has 1 aromatic carbocycles. The third-order valence-corrected chi connectivity index (χ3v) is 4.22. The molecule has 0 amide bonds. The molecule has 0 atom stereocenters. The summed E-state index contributed by atoms with van der Waals surface area (Å²) in [5.74, 6) is 5.41. The van der Waals surface area contributed by atoms with Crippen LogP contribution < -0.4 is 16.0 Å². The minimum absolute atomic E-state index is 0.00840. The highest BCUT2D eigenvalue weighted by Gasteiger charge is 2.15. The molecule has 0 saturated heterocycles. The molecule has 0 saturated carbocycles. The minimum atomic E-state index is -3.81. The highest BCUT2D eigenvalue weighted by molar-refractivity contribution is 7.92. The molecule has 2 rings (SSSR count). The number of nitrogens with one attached hydrogen (secondary N) is 2. The van der Waals surface area contributed by atoms with Crippen molar-refractivity contribution in [2.75, 3.05) is 10.1 Å². The zero-order chi connectivity index (χ0) is 15.5. The van der Waals surface area contributed by atoms with Crippen LogP contribution in [-0.4, -0.2) is 13.4 Å². The van der Waals surface area contributed by atoms with Crippen molar-refractivity contribution in [3.05, 3.63) is 47.1 Å². The molecule has 108 valence electrons. The summed E-state index contributed by atoms with van der Waals surface area (Å²) in [4.78, 5) is 3.82. The first kappa shape index (κ1) is 15.1. The molecular formula is C12H10ClN5O2S. The molecule has 0 fully saturated rings. The number of anilines is 2. The zero-order valence-corrected chi connectivity index (χ0v) is 12.1. The van der Waals surface area contributed by atoms with Crippen LogP contribution in [0.25, 0.3) is 0 Å². The third kappa shape index (κ3) is 3.41. The van der Waals surface area contributed by atoms with E-state index in [2.05, 4.69) is 15.1 Å². The Hall–Kier alpha value is -2.34. The summed E-state index contributed by atoms with van der Waals surface area (Å²) < 4.78 is 26.8. The molecule has 7 nitrogen and oxygen atoms in total. The Kier molecular flexibility index (Phi) is 4.28. The van der Waals surface area contributed by atoms with Gasteiger partial charge in [0.05, 0.1) is 21.2 Å². The lowest BCUT2D eigenvalue weighted by Gasteiger charge is -2.09. The summed E-state index contributed by atoms with van der Waals surface area (Å²) in [5, 5.41) is 8.94. The number of nitriles is 1. The summed E-state index contributed by atoms with van der Waals surface area (Å²) in [6.45, 7) is 0. The van der Waals surface area contributed by atoms with E-state index in [9.17, 15) is 8.42 Å². The van der Waals surface area contributed by atoms with Crippen LogP contribution in [0.4, 0.5) is 11.5 Å². The monoisotopic (exact) mass is 323 g/mol. The van der Waals surface area contributed by atoms with Gasteiger partial charge in [0.2, 0.25) is 0 Å². The molecule has 21 heavy (non-hydrogen) atoms. The number of hydrogen-bond donors (Lipinski definition) is 3. The molecule has 1 heterocycles. The van der Waals surface area contributed by atoms with Crippen molar-refractivity contribution >= 4 is 33.1 Å². The molecule has 9 heteroatoms. The molecule has 1 aromatic heterocycles. The minimum Gasteiger partial charge on any atom is -0.308 e. The first-order valence-electron chi connectivity index (χ1n) is 5.61. The highest BCUT2D eigenvalue weighted by Crippen LogP contribution is 2.23. The summed E-state index contributed by atoms with van der Waals surface area (Å²) in [6.07, 6.45) is 1.31. The van der Waals surface area contributed by atoms with Crippen LogP contribution >= 0.6 is 11.6 Å². The Labute approximate surface area is 126 Å². The molecule has 0 radical (unpaired) electrons. The molecule has 0 bridgehead atoms. The molecular weight excluding hydrogens is 314 g/mol. The van der Waals surface area contributed by atoms with Gasteiger partial charge in [-0.05, 0) is 24.3 Å². The van der Waals surface area contributed by atoms with E-state index in [0.717, 1.165) is 0 Å². The average molecular weight is 324 g/mol. The number of pyridine rings is 1. The number of nitrogens with zero attached hydrogens (tertiary/aromatic N) is 2. The number of hydrazine groups is 1. The normalized spacial score (nSPS) is 10.7. The maximum Gasteiger partial charge on any atom is 0.262 e. The largest absolute Gasteiger partial charge is 0.308 e. The van der Waals surface area contributed by atoms with Crippen LogP contribution in [0.5, 0.6) is 0 Å². The molecule has 0 spiro atoms. The molecule has 4 N–H and O–H groups in total. The topological polar surface area (TPSA) is 121 Å². The van der Waals surface area contributed by atoms with Crippen LogP contribution in [0.1, 0.15) is 5.56 Å². The summed E-state index contributed by atoms with van der Waals surface area (Å²) >= 11 is 5.86. The van der Waals surface area contributed by atoms with E-state index in [1.807, 2.05) is 6.07 Å².